The standard InChI is InChI=1S/C24H27ClN2O3/c1-15(2)27-13-21(25)20-9-18(4-6-22(20)27)14-30-23-7-5-17(8-16(23)3)10-26-11-19(12-26)24(28)29/h4-9,13,15,19H,10-12,14H2,1-3H3,(H,28,29). The van der Waals surface area contributed by atoms with Crippen molar-refractivity contribution in [3.63, 3.8) is 0 Å². The Kier molecular flexibility index (Phi) is 5.76. The first kappa shape index (κ1) is 20.8. The van der Waals surface area contributed by atoms with Gasteiger partial charge in [0.1, 0.15) is 12.4 Å². The molecule has 1 N–H and O–H groups in total. The van der Waals surface area contributed by atoms with Gasteiger partial charge in [-0.05, 0) is 55.7 Å². The maximum absolute atomic E-state index is 10.9. The summed E-state index contributed by atoms with van der Waals surface area (Å²) in [5, 5.41) is 10.8. The van der Waals surface area contributed by atoms with Crippen molar-refractivity contribution < 1.29 is 14.6 Å². The van der Waals surface area contributed by atoms with E-state index in [4.69, 9.17) is 21.4 Å². The lowest BCUT2D eigenvalue weighted by Crippen LogP contribution is -2.49. The SMILES string of the molecule is Cc1cc(CN2CC(C(=O)O)C2)ccc1OCc1ccc2c(c1)c(Cl)cn2C(C)C. The zero-order valence-electron chi connectivity index (χ0n) is 17.6. The molecule has 0 saturated carbocycles. The van der Waals surface area contributed by atoms with Crippen LogP contribution < -0.4 is 4.74 Å². The summed E-state index contributed by atoms with van der Waals surface area (Å²) in [6.07, 6.45) is 1.99. The number of aryl methyl sites for hydroxylation is 1. The van der Waals surface area contributed by atoms with Crippen LogP contribution in [0.2, 0.25) is 5.02 Å². The number of aromatic nitrogens is 1. The quantitative estimate of drug-likeness (QED) is 0.558. The summed E-state index contributed by atoms with van der Waals surface area (Å²) in [4.78, 5) is 13.1. The van der Waals surface area contributed by atoms with Gasteiger partial charge in [0.05, 0.1) is 10.9 Å². The van der Waals surface area contributed by atoms with E-state index in [0.717, 1.165) is 39.3 Å². The number of carboxylic acids is 1. The van der Waals surface area contributed by atoms with Gasteiger partial charge in [0.15, 0.2) is 0 Å². The lowest BCUT2D eigenvalue weighted by molar-refractivity contribution is -0.147. The van der Waals surface area contributed by atoms with Gasteiger partial charge in [-0.3, -0.25) is 9.69 Å². The fourth-order valence-electron chi connectivity index (χ4n) is 4.02. The molecule has 6 heteroatoms. The van der Waals surface area contributed by atoms with Crippen LogP contribution in [0.4, 0.5) is 0 Å². The van der Waals surface area contributed by atoms with Gasteiger partial charge in [0.25, 0.3) is 0 Å². The molecule has 1 aromatic heterocycles. The van der Waals surface area contributed by atoms with Crippen molar-refractivity contribution in [2.24, 2.45) is 5.92 Å². The van der Waals surface area contributed by atoms with Crippen LogP contribution in [0.25, 0.3) is 10.9 Å². The summed E-state index contributed by atoms with van der Waals surface area (Å²) in [6, 6.07) is 12.8. The number of hydrogen-bond donors (Lipinski definition) is 1. The summed E-state index contributed by atoms with van der Waals surface area (Å²) in [5.41, 5.74) is 4.46. The molecular formula is C24H27ClN2O3. The third kappa shape index (κ3) is 4.18. The van der Waals surface area contributed by atoms with E-state index in [1.807, 2.05) is 19.2 Å². The smallest absolute Gasteiger partial charge is 0.309 e. The van der Waals surface area contributed by atoms with Gasteiger partial charge in [0.2, 0.25) is 0 Å². The Bertz CT molecular complexity index is 1080. The molecule has 1 aliphatic heterocycles. The van der Waals surface area contributed by atoms with Gasteiger partial charge in [-0.15, -0.1) is 0 Å². The molecule has 0 unspecified atom stereocenters. The van der Waals surface area contributed by atoms with Crippen LogP contribution in [0.15, 0.2) is 42.6 Å². The zero-order chi connectivity index (χ0) is 21.4. The lowest BCUT2D eigenvalue weighted by atomic mass is 9.99. The second kappa shape index (κ2) is 8.32. The van der Waals surface area contributed by atoms with E-state index in [0.29, 0.717) is 25.7 Å². The van der Waals surface area contributed by atoms with Crippen molar-refractivity contribution >= 4 is 28.5 Å². The van der Waals surface area contributed by atoms with Gasteiger partial charge < -0.3 is 14.4 Å². The zero-order valence-corrected chi connectivity index (χ0v) is 18.3. The predicted molar refractivity (Wildman–Crippen MR) is 119 cm³/mol. The van der Waals surface area contributed by atoms with Crippen LogP contribution in [0.3, 0.4) is 0 Å². The van der Waals surface area contributed by atoms with Crippen LogP contribution in [-0.4, -0.2) is 33.6 Å². The molecule has 1 aliphatic rings. The highest BCUT2D eigenvalue weighted by atomic mass is 35.5. The second-order valence-electron chi connectivity index (χ2n) is 8.45. The largest absolute Gasteiger partial charge is 0.489 e. The molecule has 5 nitrogen and oxygen atoms in total. The molecule has 1 saturated heterocycles. The van der Waals surface area contributed by atoms with Gasteiger partial charge in [0, 0.05) is 42.8 Å². The fraction of sp³-hybridized carbons (Fsp3) is 0.375. The molecule has 0 atom stereocenters. The van der Waals surface area contributed by atoms with Gasteiger partial charge >= 0.3 is 5.97 Å². The van der Waals surface area contributed by atoms with Crippen molar-refractivity contribution in [3.8, 4) is 5.75 Å². The Balaban J connectivity index is 1.40. The van der Waals surface area contributed by atoms with E-state index < -0.39 is 5.97 Å². The third-order valence-electron chi connectivity index (χ3n) is 5.75. The number of fused-ring (bicyclic) bond motifs is 1. The molecule has 0 radical (unpaired) electrons. The maximum atomic E-state index is 10.9. The number of halogens is 1. The highest BCUT2D eigenvalue weighted by Gasteiger charge is 2.32. The highest BCUT2D eigenvalue weighted by molar-refractivity contribution is 6.35. The van der Waals surface area contributed by atoms with Gasteiger partial charge in [-0.25, -0.2) is 0 Å². The molecule has 4 rings (SSSR count). The Morgan fingerprint density at radius 1 is 1.20 bits per heavy atom. The van der Waals surface area contributed by atoms with E-state index in [1.165, 1.54) is 5.56 Å². The number of nitrogens with zero attached hydrogens (tertiary/aromatic N) is 2. The molecule has 1 fully saturated rings. The van der Waals surface area contributed by atoms with E-state index in [-0.39, 0.29) is 5.92 Å². The topological polar surface area (TPSA) is 54.7 Å². The molecular weight excluding hydrogens is 400 g/mol. The molecule has 30 heavy (non-hydrogen) atoms. The number of aliphatic carboxylic acids is 1. The minimum atomic E-state index is -0.702. The van der Waals surface area contributed by atoms with Crippen LogP contribution in [0, 0.1) is 12.8 Å². The van der Waals surface area contributed by atoms with Crippen LogP contribution in [0.5, 0.6) is 5.75 Å². The number of hydrogen-bond acceptors (Lipinski definition) is 3. The minimum Gasteiger partial charge on any atom is -0.489 e. The fourth-order valence-corrected chi connectivity index (χ4v) is 4.28. The van der Waals surface area contributed by atoms with Crippen molar-refractivity contribution in [2.45, 2.75) is 40.0 Å². The Hall–Kier alpha value is -2.50. The first-order chi connectivity index (χ1) is 14.3. The van der Waals surface area contributed by atoms with Crippen molar-refractivity contribution in [3.05, 3.63) is 64.3 Å². The highest BCUT2D eigenvalue weighted by Crippen LogP contribution is 2.30. The maximum Gasteiger partial charge on any atom is 0.309 e. The normalized spacial score (nSPS) is 15.0. The van der Waals surface area contributed by atoms with Gasteiger partial charge in [-0.2, -0.15) is 0 Å². The van der Waals surface area contributed by atoms with Gasteiger partial charge in [-0.1, -0.05) is 29.8 Å². The number of likely N-dealkylation sites (tertiary alicyclic amines) is 1. The van der Waals surface area contributed by atoms with Crippen LogP contribution in [-0.2, 0) is 17.9 Å². The third-order valence-corrected chi connectivity index (χ3v) is 6.05. The Morgan fingerprint density at radius 3 is 2.60 bits per heavy atom. The second-order valence-corrected chi connectivity index (χ2v) is 8.85. The first-order valence-electron chi connectivity index (χ1n) is 10.3. The van der Waals surface area contributed by atoms with Crippen molar-refractivity contribution in [2.75, 3.05) is 13.1 Å². The van der Waals surface area contributed by atoms with Crippen LogP contribution >= 0.6 is 11.6 Å². The summed E-state index contributed by atoms with van der Waals surface area (Å²) >= 11 is 6.44. The molecule has 0 amide bonds. The Labute approximate surface area is 181 Å². The average Bonchev–Trinajstić information content (AvgIpc) is 3.00. The number of rotatable bonds is 7. The van der Waals surface area contributed by atoms with E-state index in [1.54, 1.807) is 0 Å². The lowest BCUT2D eigenvalue weighted by Gasteiger charge is -2.36. The monoisotopic (exact) mass is 426 g/mol. The molecule has 158 valence electrons. The van der Waals surface area contributed by atoms with Crippen LogP contribution in [0.1, 0.15) is 36.6 Å². The summed E-state index contributed by atoms with van der Waals surface area (Å²) in [6.45, 7) is 8.82. The molecule has 2 aromatic carbocycles. The van der Waals surface area contributed by atoms with Crippen molar-refractivity contribution in [1.29, 1.82) is 0 Å². The molecule has 0 bridgehead atoms. The molecule has 3 aromatic rings. The molecule has 0 aliphatic carbocycles. The predicted octanol–water partition coefficient (Wildman–Crippen LogP) is 5.28. The number of benzene rings is 2. The first-order valence-corrected chi connectivity index (χ1v) is 10.7. The average molecular weight is 427 g/mol. The number of carbonyl (C=O) groups is 1. The summed E-state index contributed by atoms with van der Waals surface area (Å²) in [7, 11) is 0. The van der Waals surface area contributed by atoms with E-state index >= 15 is 0 Å². The number of ether oxygens (including phenoxy) is 1. The molecule has 2 heterocycles. The summed E-state index contributed by atoms with van der Waals surface area (Å²) in [5.74, 6) is -0.0693. The number of carboxylic acid groups (broad SMARTS) is 1. The van der Waals surface area contributed by atoms with E-state index in [2.05, 4.69) is 53.6 Å². The Morgan fingerprint density at radius 2 is 1.93 bits per heavy atom. The van der Waals surface area contributed by atoms with Crippen molar-refractivity contribution in [1.82, 2.24) is 9.47 Å². The minimum absolute atomic E-state index is 0.225. The molecule has 0 spiro atoms. The van der Waals surface area contributed by atoms with E-state index in [9.17, 15) is 4.79 Å². The summed E-state index contributed by atoms with van der Waals surface area (Å²) < 4.78 is 8.26.